The summed E-state index contributed by atoms with van der Waals surface area (Å²) in [6, 6.07) is -1.79. The predicted octanol–water partition coefficient (Wildman–Crippen LogP) is 0.561. The van der Waals surface area contributed by atoms with Gasteiger partial charge in [0.2, 0.25) is 0 Å². The number of hydrogen-bond donors (Lipinski definition) is 2. The van der Waals surface area contributed by atoms with Crippen LogP contribution in [-0.4, -0.2) is 36.5 Å². The first kappa shape index (κ1) is 11.2. The third kappa shape index (κ3) is 4.89. The molecule has 0 bridgehead atoms. The molecule has 12 heavy (non-hydrogen) atoms. The maximum Gasteiger partial charge on any atom is 0.401 e. The summed E-state index contributed by atoms with van der Waals surface area (Å²) in [5.74, 6) is -1.64. The summed E-state index contributed by atoms with van der Waals surface area (Å²) in [5, 5.41) is 9.61. The molecule has 0 aliphatic heterocycles. The number of carboxylic acid groups (broad SMARTS) is 1. The molecule has 2 N–H and O–H groups in total. The second-order valence-electron chi connectivity index (χ2n) is 2.04. The molecule has 1 atom stereocenters. The molecule has 3 nitrogen and oxygen atoms in total. The average molecular weight is 189 g/mol. The molecule has 0 aromatic heterocycles. The third-order valence-corrected chi connectivity index (χ3v) is 1.00. The van der Waals surface area contributed by atoms with Gasteiger partial charge in [0.25, 0.3) is 0 Å². The Labute approximate surface area is 65.4 Å². The number of halogens is 4. The summed E-state index contributed by atoms with van der Waals surface area (Å²) in [5.41, 5.74) is 0. The molecule has 0 amide bonds. The molecule has 0 spiro atoms. The highest BCUT2D eigenvalue weighted by molar-refractivity contribution is 5.73. The topological polar surface area (TPSA) is 49.3 Å². The van der Waals surface area contributed by atoms with Crippen molar-refractivity contribution in [1.82, 2.24) is 5.32 Å². The summed E-state index contributed by atoms with van der Waals surface area (Å²) in [7, 11) is 0. The van der Waals surface area contributed by atoms with Crippen LogP contribution < -0.4 is 5.32 Å². The van der Waals surface area contributed by atoms with Crippen LogP contribution in [0.4, 0.5) is 17.6 Å². The van der Waals surface area contributed by atoms with Crippen LogP contribution >= 0.6 is 0 Å². The summed E-state index contributed by atoms with van der Waals surface area (Å²) >= 11 is 0. The second kappa shape index (κ2) is 4.24. The van der Waals surface area contributed by atoms with Gasteiger partial charge in [0.1, 0.15) is 12.7 Å². The Bertz CT molecular complexity index is 158. The van der Waals surface area contributed by atoms with Crippen LogP contribution in [0, 0.1) is 0 Å². The molecule has 72 valence electrons. The van der Waals surface area contributed by atoms with Gasteiger partial charge in [0.15, 0.2) is 0 Å². The van der Waals surface area contributed by atoms with E-state index in [9.17, 15) is 22.4 Å². The van der Waals surface area contributed by atoms with Crippen molar-refractivity contribution in [3.63, 3.8) is 0 Å². The van der Waals surface area contributed by atoms with Gasteiger partial charge in [0.05, 0.1) is 6.54 Å². The zero-order chi connectivity index (χ0) is 9.78. The second-order valence-corrected chi connectivity index (χ2v) is 2.04. The molecule has 7 heteroatoms. The number of alkyl halides is 4. The van der Waals surface area contributed by atoms with Crippen LogP contribution in [0.1, 0.15) is 0 Å². The Morgan fingerprint density at radius 2 is 2.00 bits per heavy atom. The van der Waals surface area contributed by atoms with E-state index in [-0.39, 0.29) is 0 Å². The number of carbonyl (C=O) groups is 1. The fourth-order valence-corrected chi connectivity index (χ4v) is 0.447. The molecule has 0 aliphatic carbocycles. The van der Waals surface area contributed by atoms with Crippen molar-refractivity contribution >= 4 is 5.97 Å². The van der Waals surface area contributed by atoms with Crippen molar-refractivity contribution in [2.45, 2.75) is 12.2 Å². The van der Waals surface area contributed by atoms with Crippen LogP contribution in [0.5, 0.6) is 0 Å². The maximum atomic E-state index is 11.7. The number of rotatable bonds is 4. The van der Waals surface area contributed by atoms with Gasteiger partial charge in [-0.1, -0.05) is 0 Å². The lowest BCUT2D eigenvalue weighted by Crippen LogP contribution is -2.43. The normalized spacial score (nSPS) is 14.3. The minimum Gasteiger partial charge on any atom is -0.480 e. The van der Waals surface area contributed by atoms with Gasteiger partial charge in [-0.2, -0.15) is 13.2 Å². The van der Waals surface area contributed by atoms with Gasteiger partial charge in [-0.05, 0) is 0 Å². The number of nitrogens with one attached hydrogen (secondary N) is 1. The molecule has 0 radical (unpaired) electrons. The summed E-state index contributed by atoms with van der Waals surface area (Å²) < 4.78 is 46.0. The lowest BCUT2D eigenvalue weighted by Gasteiger charge is -2.12. The van der Waals surface area contributed by atoms with Crippen LogP contribution in [-0.2, 0) is 4.79 Å². The molecule has 0 aliphatic rings. The quantitative estimate of drug-likeness (QED) is 0.635. The fourth-order valence-electron chi connectivity index (χ4n) is 0.447. The Morgan fingerprint density at radius 3 is 2.25 bits per heavy atom. The van der Waals surface area contributed by atoms with E-state index in [0.29, 0.717) is 0 Å². The van der Waals surface area contributed by atoms with E-state index in [1.165, 1.54) is 5.32 Å². The lowest BCUT2D eigenvalue weighted by atomic mass is 10.3. The number of hydrogen-bond acceptors (Lipinski definition) is 2. The summed E-state index contributed by atoms with van der Waals surface area (Å²) in [6.07, 6.45) is -4.52. The Hall–Kier alpha value is -0.850. The largest absolute Gasteiger partial charge is 0.480 e. The maximum absolute atomic E-state index is 11.7. The predicted molar refractivity (Wildman–Crippen MR) is 31.5 cm³/mol. The third-order valence-electron chi connectivity index (χ3n) is 1.00. The van der Waals surface area contributed by atoms with Gasteiger partial charge in [0, 0.05) is 0 Å². The first-order chi connectivity index (χ1) is 5.37. The van der Waals surface area contributed by atoms with Crippen molar-refractivity contribution < 1.29 is 27.5 Å². The minimum atomic E-state index is -4.52. The van der Waals surface area contributed by atoms with Crippen LogP contribution in [0.25, 0.3) is 0 Å². The molecular weight excluding hydrogens is 182 g/mol. The van der Waals surface area contributed by atoms with Crippen LogP contribution in [0.2, 0.25) is 0 Å². The van der Waals surface area contributed by atoms with E-state index in [4.69, 9.17) is 5.11 Å². The molecular formula is C5H7F4NO2. The smallest absolute Gasteiger partial charge is 0.401 e. The zero-order valence-corrected chi connectivity index (χ0v) is 5.86. The van der Waals surface area contributed by atoms with E-state index in [2.05, 4.69) is 0 Å². The SMILES string of the molecule is O=C(O)[C@H](CF)NCC(F)(F)F. The highest BCUT2D eigenvalue weighted by atomic mass is 19.4. The van der Waals surface area contributed by atoms with Crippen molar-refractivity contribution in [3.05, 3.63) is 0 Å². The van der Waals surface area contributed by atoms with Gasteiger partial charge >= 0.3 is 12.1 Å². The highest BCUT2D eigenvalue weighted by Gasteiger charge is 2.29. The van der Waals surface area contributed by atoms with Crippen molar-refractivity contribution in [3.8, 4) is 0 Å². The average Bonchev–Trinajstić information content (AvgIpc) is 1.85. The molecule has 0 heterocycles. The number of carboxylic acids is 1. The lowest BCUT2D eigenvalue weighted by molar-refractivity contribution is -0.143. The van der Waals surface area contributed by atoms with Crippen LogP contribution in [0.15, 0.2) is 0 Å². The van der Waals surface area contributed by atoms with E-state index >= 15 is 0 Å². The Kier molecular flexibility index (Phi) is 3.94. The Balaban J connectivity index is 3.81. The molecule has 0 unspecified atom stereocenters. The van der Waals surface area contributed by atoms with Crippen molar-refractivity contribution in [1.29, 1.82) is 0 Å². The minimum absolute atomic E-state index is 1.37. The van der Waals surface area contributed by atoms with E-state index < -0.39 is 31.4 Å². The molecule has 0 aromatic carbocycles. The standard InChI is InChI=1S/C5H7F4NO2/c6-1-3(4(11)12)10-2-5(7,8)9/h3,10H,1-2H2,(H,11,12)/t3-/m0/s1. The van der Waals surface area contributed by atoms with Crippen molar-refractivity contribution in [2.75, 3.05) is 13.2 Å². The molecule has 0 fully saturated rings. The monoisotopic (exact) mass is 189 g/mol. The van der Waals surface area contributed by atoms with Gasteiger partial charge in [-0.25, -0.2) is 4.39 Å². The Morgan fingerprint density at radius 1 is 1.50 bits per heavy atom. The van der Waals surface area contributed by atoms with Crippen molar-refractivity contribution in [2.24, 2.45) is 0 Å². The first-order valence-corrected chi connectivity index (χ1v) is 2.95. The van der Waals surface area contributed by atoms with E-state index in [0.717, 1.165) is 0 Å². The summed E-state index contributed by atoms with van der Waals surface area (Å²) in [4.78, 5) is 9.98. The van der Waals surface area contributed by atoms with Gasteiger partial charge in [-0.15, -0.1) is 0 Å². The molecule has 0 aromatic rings. The zero-order valence-electron chi connectivity index (χ0n) is 5.86. The number of aliphatic carboxylic acids is 1. The highest BCUT2D eigenvalue weighted by Crippen LogP contribution is 2.12. The molecule has 0 rings (SSSR count). The molecule has 0 saturated carbocycles. The van der Waals surface area contributed by atoms with Crippen LogP contribution in [0.3, 0.4) is 0 Å². The van der Waals surface area contributed by atoms with E-state index in [1.54, 1.807) is 0 Å². The van der Waals surface area contributed by atoms with E-state index in [1.807, 2.05) is 0 Å². The van der Waals surface area contributed by atoms with Gasteiger partial charge in [-0.3, -0.25) is 10.1 Å². The molecule has 0 saturated heterocycles. The first-order valence-electron chi connectivity index (χ1n) is 2.95. The fraction of sp³-hybridized carbons (Fsp3) is 0.800. The van der Waals surface area contributed by atoms with Gasteiger partial charge < -0.3 is 5.11 Å². The summed E-state index contributed by atoms with van der Waals surface area (Å²) in [6.45, 7) is -2.88.